The number of rotatable bonds is 7. The highest BCUT2D eigenvalue weighted by molar-refractivity contribution is 5.88. The Morgan fingerprint density at radius 1 is 0.938 bits per heavy atom. The lowest BCUT2D eigenvalue weighted by Crippen LogP contribution is -2.67. The average molecular weight is 659 g/mol. The Labute approximate surface area is 292 Å². The molecule has 1 heterocycles. The summed E-state index contributed by atoms with van der Waals surface area (Å²) in [6, 6.07) is 7.66. The van der Waals surface area contributed by atoms with Gasteiger partial charge in [0.2, 0.25) is 0 Å². The molecule has 1 aromatic carbocycles. The molecule has 7 rings (SSSR count). The molecule has 0 aromatic heterocycles. The molecular formula is C43H66N2O3. The molecule has 8 atom stereocenters. The number of aromatic carboxylic acids is 1. The van der Waals surface area contributed by atoms with Crippen molar-refractivity contribution in [1.82, 2.24) is 10.2 Å². The van der Waals surface area contributed by atoms with E-state index in [4.69, 9.17) is 4.74 Å². The first-order valence-electron chi connectivity index (χ1n) is 19.5. The summed E-state index contributed by atoms with van der Waals surface area (Å²) in [6.07, 6.45) is 19.2. The maximum atomic E-state index is 11.5. The second kappa shape index (κ2) is 13.6. The van der Waals surface area contributed by atoms with Crippen LogP contribution in [0.1, 0.15) is 128 Å². The summed E-state index contributed by atoms with van der Waals surface area (Å²) in [6.45, 7) is 24.8. The van der Waals surface area contributed by atoms with Gasteiger partial charge in [0.05, 0.1) is 18.8 Å². The maximum Gasteiger partial charge on any atom is 0.335 e. The number of nitrogens with zero attached hydrogens (tertiary/aromatic N) is 1. The van der Waals surface area contributed by atoms with Crippen molar-refractivity contribution in [2.24, 2.45) is 45.3 Å². The second-order valence-electron chi connectivity index (χ2n) is 17.9. The normalized spacial score (nSPS) is 40.2. The summed E-state index contributed by atoms with van der Waals surface area (Å²) < 4.78 is 5.56. The lowest BCUT2D eigenvalue weighted by Gasteiger charge is -2.72. The van der Waals surface area contributed by atoms with Gasteiger partial charge in [-0.25, -0.2) is 4.79 Å². The summed E-state index contributed by atoms with van der Waals surface area (Å²) in [5.74, 6) is 2.23. The van der Waals surface area contributed by atoms with Gasteiger partial charge in [0.25, 0.3) is 0 Å². The lowest BCUT2D eigenvalue weighted by atomic mass is 9.33. The zero-order chi connectivity index (χ0) is 34.4. The molecule has 48 heavy (non-hydrogen) atoms. The number of carboxylic acids is 1. The highest BCUT2D eigenvalue weighted by Gasteiger charge is 2.69. The van der Waals surface area contributed by atoms with E-state index in [0.29, 0.717) is 33.3 Å². The number of allylic oxidation sites excluding steroid dienone is 3. The van der Waals surface area contributed by atoms with Crippen LogP contribution >= 0.6 is 0 Å². The molecule has 266 valence electrons. The third-order valence-corrected chi connectivity index (χ3v) is 15.6. The van der Waals surface area contributed by atoms with Crippen LogP contribution in [0.25, 0.3) is 5.57 Å². The molecular weight excluding hydrogens is 592 g/mol. The van der Waals surface area contributed by atoms with Crippen molar-refractivity contribution in [3.63, 3.8) is 0 Å². The van der Waals surface area contributed by atoms with Crippen LogP contribution in [0.5, 0.6) is 0 Å². The first-order valence-corrected chi connectivity index (χ1v) is 19.5. The number of hydrogen-bond donors (Lipinski definition) is 2. The van der Waals surface area contributed by atoms with Crippen LogP contribution in [-0.2, 0) is 4.74 Å². The quantitative estimate of drug-likeness (QED) is 0.226. The molecule has 6 unspecified atom stereocenters. The number of ether oxygens (including phenoxy) is 1. The van der Waals surface area contributed by atoms with Crippen LogP contribution in [-0.4, -0.2) is 60.9 Å². The van der Waals surface area contributed by atoms with Gasteiger partial charge < -0.3 is 15.2 Å². The zero-order valence-corrected chi connectivity index (χ0v) is 31.2. The molecule has 5 nitrogen and oxygen atoms in total. The Balaban J connectivity index is 0.00000129. The van der Waals surface area contributed by atoms with Crippen LogP contribution in [0.15, 0.2) is 43.0 Å². The molecule has 2 N–H and O–H groups in total. The van der Waals surface area contributed by atoms with Crippen LogP contribution in [0.2, 0.25) is 0 Å². The molecule has 1 aliphatic heterocycles. The number of fused-ring (bicyclic) bond motifs is 7. The molecule has 6 aliphatic rings. The van der Waals surface area contributed by atoms with Gasteiger partial charge >= 0.3 is 5.97 Å². The third-order valence-electron chi connectivity index (χ3n) is 15.6. The van der Waals surface area contributed by atoms with Gasteiger partial charge in [-0.3, -0.25) is 4.90 Å². The van der Waals surface area contributed by atoms with Gasteiger partial charge in [0.1, 0.15) is 0 Å². The van der Waals surface area contributed by atoms with Crippen molar-refractivity contribution in [1.29, 1.82) is 0 Å². The average Bonchev–Trinajstić information content (AvgIpc) is 3.48. The molecule has 0 spiro atoms. The molecule has 0 amide bonds. The smallest absolute Gasteiger partial charge is 0.335 e. The molecule has 5 heteroatoms. The largest absolute Gasteiger partial charge is 0.478 e. The summed E-state index contributed by atoms with van der Waals surface area (Å²) in [5.41, 5.74) is 4.55. The van der Waals surface area contributed by atoms with Gasteiger partial charge in [-0.1, -0.05) is 65.3 Å². The van der Waals surface area contributed by atoms with Crippen molar-refractivity contribution in [3.8, 4) is 0 Å². The van der Waals surface area contributed by atoms with Gasteiger partial charge in [-0.05, 0) is 153 Å². The Morgan fingerprint density at radius 2 is 1.65 bits per heavy atom. The van der Waals surface area contributed by atoms with Crippen molar-refractivity contribution in [2.45, 2.75) is 118 Å². The molecule has 0 radical (unpaired) electrons. The van der Waals surface area contributed by atoms with Crippen molar-refractivity contribution in [2.75, 3.05) is 39.4 Å². The predicted octanol–water partition coefficient (Wildman–Crippen LogP) is 9.49. The first-order chi connectivity index (χ1) is 22.9. The van der Waals surface area contributed by atoms with E-state index < -0.39 is 5.97 Å². The number of benzene rings is 1. The number of carbonyl (C=O) groups is 1. The number of nitrogens with one attached hydrogen (secondary N) is 1. The van der Waals surface area contributed by atoms with E-state index >= 15 is 0 Å². The molecule has 1 aromatic rings. The van der Waals surface area contributed by atoms with Crippen LogP contribution < -0.4 is 5.32 Å². The Kier molecular flexibility index (Phi) is 10.2. The Bertz CT molecular complexity index is 1350. The van der Waals surface area contributed by atoms with Crippen molar-refractivity contribution < 1.29 is 14.6 Å². The van der Waals surface area contributed by atoms with Gasteiger partial charge in [-0.15, -0.1) is 6.58 Å². The minimum absolute atomic E-state index is 0.0646. The minimum atomic E-state index is -0.848. The summed E-state index contributed by atoms with van der Waals surface area (Å²) >= 11 is 0. The van der Waals surface area contributed by atoms with E-state index in [1.165, 1.54) is 88.4 Å². The van der Waals surface area contributed by atoms with E-state index in [1.807, 2.05) is 19.1 Å². The van der Waals surface area contributed by atoms with Crippen LogP contribution in [0.3, 0.4) is 0 Å². The maximum absolute atomic E-state index is 11.5. The van der Waals surface area contributed by atoms with E-state index in [1.54, 1.807) is 18.2 Å². The molecule has 5 fully saturated rings. The summed E-state index contributed by atoms with van der Waals surface area (Å²) in [7, 11) is 0. The van der Waals surface area contributed by atoms with Crippen LogP contribution in [0.4, 0.5) is 0 Å². The van der Waals surface area contributed by atoms with E-state index in [2.05, 4.69) is 57.5 Å². The second-order valence-corrected chi connectivity index (χ2v) is 17.9. The third kappa shape index (κ3) is 5.86. The fourth-order valence-corrected chi connectivity index (χ4v) is 13.2. The standard InChI is InChI=1S/C40H60N2O3.C3H6/c1-36(2)30(28-9-11-29(12-10-28)35(43)44)15-18-37(3)33(36)16-19-39(5)34(37)14-13-31-32-8-6-17-40(32,21-20-38(31,39)4)41-22-7-23-42-24-26-45-27-25-42;1-3-2/h9-12,15,31-34,41H,6-8,13-14,16-27H2,1-5H3,(H,43,44);3H,1H2,2H3/t31?,32?,33?,34?,37?,38-,39?,40+;/m1./s1. The molecule has 1 saturated heterocycles. The monoisotopic (exact) mass is 659 g/mol. The van der Waals surface area contributed by atoms with E-state index in [-0.39, 0.29) is 5.41 Å². The van der Waals surface area contributed by atoms with E-state index in [9.17, 15) is 9.90 Å². The highest BCUT2D eigenvalue weighted by Crippen LogP contribution is 2.76. The predicted molar refractivity (Wildman–Crippen MR) is 198 cm³/mol. The first kappa shape index (κ1) is 35.9. The molecule has 0 bridgehead atoms. The summed E-state index contributed by atoms with van der Waals surface area (Å²) in [5, 5.41) is 13.7. The van der Waals surface area contributed by atoms with Gasteiger partial charge in [-0.2, -0.15) is 0 Å². The van der Waals surface area contributed by atoms with Crippen molar-refractivity contribution >= 4 is 11.5 Å². The summed E-state index contributed by atoms with van der Waals surface area (Å²) in [4.78, 5) is 14.1. The molecule has 4 saturated carbocycles. The van der Waals surface area contributed by atoms with Gasteiger partial charge in [0.15, 0.2) is 0 Å². The lowest BCUT2D eigenvalue weighted by molar-refractivity contribution is -0.217. The SMILES string of the molecule is C=CC.CC1(C)C(c2ccc(C(=O)O)cc2)=CCC2(C)C1CCC1(C)C2CCC2C3CCC[C@]3(NCCCN3CCOCC3)CC[C@]21C. The number of hydrogen-bond acceptors (Lipinski definition) is 4. The van der Waals surface area contributed by atoms with Gasteiger partial charge in [0, 0.05) is 18.6 Å². The van der Waals surface area contributed by atoms with E-state index in [0.717, 1.165) is 50.5 Å². The Hall–Kier alpha value is -1.95. The fourth-order valence-electron chi connectivity index (χ4n) is 13.2. The van der Waals surface area contributed by atoms with Crippen molar-refractivity contribution in [3.05, 3.63) is 54.1 Å². The zero-order valence-electron chi connectivity index (χ0n) is 31.2. The van der Waals surface area contributed by atoms with Crippen LogP contribution in [0, 0.1) is 45.3 Å². The Morgan fingerprint density at radius 3 is 2.33 bits per heavy atom. The number of carboxylic acid groups (broad SMARTS) is 1. The fraction of sp³-hybridized carbons (Fsp3) is 0.744. The minimum Gasteiger partial charge on any atom is -0.478 e. The number of morpholine rings is 1. The molecule has 5 aliphatic carbocycles. The highest BCUT2D eigenvalue weighted by atomic mass is 16.5. The topological polar surface area (TPSA) is 61.8 Å².